The van der Waals surface area contributed by atoms with Gasteiger partial charge in [-0.2, -0.15) is 13.2 Å². The lowest BCUT2D eigenvalue weighted by Gasteiger charge is -2.28. The first-order chi connectivity index (χ1) is 17.2. The summed E-state index contributed by atoms with van der Waals surface area (Å²) in [5, 5.41) is 0. The first kappa shape index (κ1) is 27.2. The minimum absolute atomic E-state index is 0.157. The number of carbonyl (C=O) groups excluding carboxylic acids is 1. The van der Waals surface area contributed by atoms with Crippen molar-refractivity contribution in [2.45, 2.75) is 18.6 Å². The number of rotatable bonds is 10. The molecule has 0 aromatic heterocycles. The fourth-order valence-corrected chi connectivity index (χ4v) is 3.97. The van der Waals surface area contributed by atoms with Crippen LogP contribution in [0, 0.1) is 0 Å². The van der Waals surface area contributed by atoms with Gasteiger partial charge in [0.1, 0.15) is 11.8 Å². The number of nitrogens with one attached hydrogen (secondary N) is 1. The van der Waals surface area contributed by atoms with Crippen molar-refractivity contribution in [3.63, 3.8) is 0 Å². The van der Waals surface area contributed by atoms with Crippen LogP contribution in [0.15, 0.2) is 66.7 Å². The maximum atomic E-state index is 13.8. The van der Waals surface area contributed by atoms with E-state index in [2.05, 4.69) is 4.84 Å². The van der Waals surface area contributed by atoms with Gasteiger partial charge in [0.15, 0.2) is 11.5 Å². The fourth-order valence-electron chi connectivity index (χ4n) is 3.76. The summed E-state index contributed by atoms with van der Waals surface area (Å²) in [5.74, 6) is 0.968. The van der Waals surface area contributed by atoms with Crippen LogP contribution in [-0.4, -0.2) is 33.8 Å². The summed E-state index contributed by atoms with van der Waals surface area (Å²) >= 11 is 6.04. The van der Waals surface area contributed by atoms with Gasteiger partial charge >= 0.3 is 6.18 Å². The van der Waals surface area contributed by atoms with Gasteiger partial charge in [0.05, 0.1) is 26.9 Å². The molecule has 0 unspecified atom stereocenters. The van der Waals surface area contributed by atoms with E-state index < -0.39 is 23.7 Å². The summed E-state index contributed by atoms with van der Waals surface area (Å²) in [5.41, 5.74) is 0.923. The topological polar surface area (TPSA) is 60.0 Å². The van der Waals surface area contributed by atoms with Crippen molar-refractivity contribution in [3.05, 3.63) is 83.4 Å². The Morgan fingerprint density at radius 2 is 1.56 bits per heavy atom. The van der Waals surface area contributed by atoms with Gasteiger partial charge < -0.3 is 19.1 Å². The second-order valence-corrected chi connectivity index (χ2v) is 7.98. The van der Waals surface area contributed by atoms with Crippen molar-refractivity contribution in [1.82, 2.24) is 4.84 Å². The molecule has 0 aliphatic carbocycles. The number of ether oxygens (including phenoxy) is 3. The third kappa shape index (κ3) is 6.22. The van der Waals surface area contributed by atoms with Gasteiger partial charge in [-0.3, -0.25) is 4.79 Å². The quantitative estimate of drug-likeness (QED) is 0.341. The zero-order chi connectivity index (χ0) is 26.3. The van der Waals surface area contributed by atoms with Crippen LogP contribution in [0.5, 0.6) is 17.2 Å². The van der Waals surface area contributed by atoms with Crippen LogP contribution in [0.3, 0.4) is 0 Å². The van der Waals surface area contributed by atoms with Crippen LogP contribution in [-0.2, 0) is 17.4 Å². The van der Waals surface area contributed by atoms with Crippen molar-refractivity contribution >= 4 is 23.4 Å². The molecule has 0 spiro atoms. The minimum atomic E-state index is -4.42. The lowest BCUT2D eigenvalue weighted by molar-refractivity contribution is -0.137. The molecule has 3 aromatic rings. The number of benzene rings is 3. The first-order valence-electron chi connectivity index (χ1n) is 10.9. The molecule has 0 fully saturated rings. The lowest BCUT2D eigenvalue weighted by Crippen LogP contribution is -2.40. The largest absolute Gasteiger partial charge is 0.496 e. The number of anilines is 1. The maximum absolute atomic E-state index is 13.8. The Morgan fingerprint density at radius 3 is 2.14 bits per heavy atom. The van der Waals surface area contributed by atoms with Crippen molar-refractivity contribution in [1.29, 1.82) is 0 Å². The first-order valence-corrected chi connectivity index (χ1v) is 11.3. The second-order valence-electron chi connectivity index (χ2n) is 7.76. The number of halogens is 4. The average molecular weight is 523 g/mol. The fraction of sp³-hybridized carbons (Fsp3) is 0.269. The molecule has 1 amide bonds. The van der Waals surface area contributed by atoms with Crippen molar-refractivity contribution in [2.75, 3.05) is 32.8 Å². The summed E-state index contributed by atoms with van der Waals surface area (Å²) in [6.07, 6.45) is -4.13. The lowest BCUT2D eigenvalue weighted by atomic mass is 10.0. The predicted octanol–water partition coefficient (Wildman–Crippen LogP) is 5.79. The Bertz CT molecular complexity index is 1170. The van der Waals surface area contributed by atoms with E-state index in [4.69, 9.17) is 26.0 Å². The van der Waals surface area contributed by atoms with E-state index in [-0.39, 0.29) is 6.54 Å². The van der Waals surface area contributed by atoms with E-state index in [9.17, 15) is 18.0 Å². The standard InChI is InChI=1S/C26H26ClF3N2O4/c1-34-21-7-5-4-6-20(21)24(31-27)25(33)32(19-12-13-22(35-2)23(16-19)36-3)15-14-17-8-10-18(11-9-17)26(28,29)30/h4-13,16,24,31H,14-15H2,1-3H3/t24-/m1/s1. The number of carbonyl (C=O) groups is 1. The molecule has 0 bridgehead atoms. The van der Waals surface area contributed by atoms with E-state index in [1.165, 1.54) is 38.4 Å². The molecular formula is C26H26ClF3N2O4. The van der Waals surface area contributed by atoms with E-state index in [0.717, 1.165) is 12.1 Å². The SMILES string of the molecule is COc1ccc(N(CCc2ccc(C(F)(F)F)cc2)C(=O)[C@H](NCl)c2ccccc2OC)cc1OC. The molecule has 36 heavy (non-hydrogen) atoms. The van der Waals surface area contributed by atoms with E-state index >= 15 is 0 Å². The van der Waals surface area contributed by atoms with Gasteiger partial charge in [-0.05, 0) is 54.1 Å². The van der Waals surface area contributed by atoms with Gasteiger partial charge in [-0.15, -0.1) is 0 Å². The molecule has 3 aromatic carbocycles. The molecule has 0 radical (unpaired) electrons. The molecule has 0 aliphatic heterocycles. The van der Waals surface area contributed by atoms with Crippen LogP contribution in [0.4, 0.5) is 18.9 Å². The van der Waals surface area contributed by atoms with Crippen LogP contribution in [0.2, 0.25) is 0 Å². The average Bonchev–Trinajstić information content (AvgIpc) is 2.89. The number of hydrogen-bond acceptors (Lipinski definition) is 5. The molecule has 0 aliphatic rings. The normalized spacial score (nSPS) is 12.1. The molecule has 0 saturated heterocycles. The third-order valence-electron chi connectivity index (χ3n) is 5.66. The van der Waals surface area contributed by atoms with Crippen LogP contribution in [0.25, 0.3) is 0 Å². The number of amides is 1. The van der Waals surface area contributed by atoms with Crippen molar-refractivity contribution < 1.29 is 32.2 Å². The molecule has 0 heterocycles. The van der Waals surface area contributed by atoms with Crippen LogP contribution >= 0.6 is 11.8 Å². The van der Waals surface area contributed by atoms with E-state index in [1.54, 1.807) is 42.5 Å². The Morgan fingerprint density at radius 1 is 0.917 bits per heavy atom. The zero-order valence-corrected chi connectivity index (χ0v) is 20.7. The molecule has 3 rings (SSSR count). The molecule has 6 nitrogen and oxygen atoms in total. The Kier molecular flexibility index (Phi) is 9.06. The van der Waals surface area contributed by atoms with E-state index in [1.807, 2.05) is 0 Å². The summed E-state index contributed by atoms with van der Waals surface area (Å²) < 4.78 is 54.9. The van der Waals surface area contributed by atoms with Gasteiger partial charge in [-0.1, -0.05) is 30.3 Å². The summed E-state index contributed by atoms with van der Waals surface area (Å²) in [6, 6.07) is 15.9. The van der Waals surface area contributed by atoms with Gasteiger partial charge in [-0.25, -0.2) is 4.84 Å². The number of alkyl halides is 3. The number of methoxy groups -OCH3 is 3. The Balaban J connectivity index is 1.97. The van der Waals surface area contributed by atoms with E-state index in [0.29, 0.717) is 40.5 Å². The molecule has 1 atom stereocenters. The highest BCUT2D eigenvalue weighted by Crippen LogP contribution is 2.34. The van der Waals surface area contributed by atoms with Gasteiger partial charge in [0.2, 0.25) is 5.91 Å². The molecular weight excluding hydrogens is 497 g/mol. The highest BCUT2D eigenvalue weighted by Gasteiger charge is 2.31. The molecule has 10 heteroatoms. The highest BCUT2D eigenvalue weighted by atomic mass is 35.5. The number of para-hydroxylation sites is 1. The van der Waals surface area contributed by atoms with Crippen LogP contribution < -0.4 is 23.9 Å². The van der Waals surface area contributed by atoms with Crippen molar-refractivity contribution in [2.24, 2.45) is 0 Å². The summed E-state index contributed by atoms with van der Waals surface area (Å²) in [6.45, 7) is 0.157. The molecule has 1 N–H and O–H groups in total. The smallest absolute Gasteiger partial charge is 0.416 e. The Hall–Kier alpha value is -3.43. The Labute approximate surface area is 212 Å². The monoisotopic (exact) mass is 522 g/mol. The third-order valence-corrected chi connectivity index (χ3v) is 5.87. The maximum Gasteiger partial charge on any atom is 0.416 e. The highest BCUT2D eigenvalue weighted by molar-refractivity contribution is 6.16. The second kappa shape index (κ2) is 12.0. The zero-order valence-electron chi connectivity index (χ0n) is 19.9. The van der Waals surface area contributed by atoms with Crippen LogP contribution in [0.1, 0.15) is 22.7 Å². The number of nitrogens with zero attached hydrogens (tertiary/aromatic N) is 1. The summed E-state index contributed by atoms with van der Waals surface area (Å²) in [7, 11) is 4.47. The molecule has 0 saturated carbocycles. The van der Waals surface area contributed by atoms with Gasteiger partial charge in [0, 0.05) is 23.9 Å². The predicted molar refractivity (Wildman–Crippen MR) is 132 cm³/mol. The summed E-state index contributed by atoms with van der Waals surface area (Å²) in [4.78, 5) is 17.8. The minimum Gasteiger partial charge on any atom is -0.496 e. The van der Waals surface area contributed by atoms with Crippen molar-refractivity contribution in [3.8, 4) is 17.2 Å². The number of hydrogen-bond donors (Lipinski definition) is 1. The van der Waals surface area contributed by atoms with Gasteiger partial charge in [0.25, 0.3) is 0 Å². The molecule has 192 valence electrons.